The minimum absolute atomic E-state index is 1.02. The maximum atomic E-state index is 9.10. The van der Waals surface area contributed by atoms with Crippen molar-refractivity contribution in [2.24, 2.45) is 0 Å². The molecule has 3 aromatic heterocycles. The van der Waals surface area contributed by atoms with E-state index in [2.05, 4.69) is 60.9 Å². The summed E-state index contributed by atoms with van der Waals surface area (Å²) in [5, 5.41) is 21.8. The lowest BCUT2D eigenvalue weighted by molar-refractivity contribution is -0.159. The lowest BCUT2D eigenvalue weighted by Gasteiger charge is -2.35. The van der Waals surface area contributed by atoms with E-state index in [-0.39, 0.29) is 0 Å². The summed E-state index contributed by atoms with van der Waals surface area (Å²) < 4.78 is 1.39. The molecular weight excluding hydrogens is 436 g/mol. The van der Waals surface area contributed by atoms with E-state index in [1.165, 1.54) is 21.0 Å². The molecule has 0 amide bonds. The number of thiophene rings is 2. The number of aromatic nitrogens is 2. The van der Waals surface area contributed by atoms with Gasteiger partial charge in [0.1, 0.15) is 17.0 Å². The van der Waals surface area contributed by atoms with Crippen LogP contribution < -0.4 is 4.90 Å². The molecule has 4 heterocycles. The van der Waals surface area contributed by atoms with E-state index >= 15 is 0 Å². The van der Waals surface area contributed by atoms with Gasteiger partial charge in [-0.1, -0.05) is 18.2 Å². The van der Waals surface area contributed by atoms with Crippen LogP contribution in [0.4, 0.5) is 5.82 Å². The number of rotatable bonds is 3. The van der Waals surface area contributed by atoms with E-state index in [0.717, 1.165) is 43.4 Å². The van der Waals surface area contributed by atoms with Crippen molar-refractivity contribution in [3.63, 3.8) is 0 Å². The SMILES string of the molecule is O=C(O)C(=O)O.c1ccc2c(CN3CCN(c4ncnc5sccc45)CC3)csc2c1. The van der Waals surface area contributed by atoms with Gasteiger partial charge in [0.05, 0.1) is 5.39 Å². The molecule has 4 aromatic rings. The fourth-order valence-electron chi connectivity index (χ4n) is 3.54. The molecule has 0 radical (unpaired) electrons. The van der Waals surface area contributed by atoms with Gasteiger partial charge in [-0.05, 0) is 33.8 Å². The fraction of sp³-hybridized carbons (Fsp3) is 0.238. The number of hydrogen-bond acceptors (Lipinski definition) is 8. The lowest BCUT2D eigenvalue weighted by atomic mass is 10.1. The summed E-state index contributed by atoms with van der Waals surface area (Å²) in [7, 11) is 0. The highest BCUT2D eigenvalue weighted by Crippen LogP contribution is 2.29. The third-order valence-electron chi connectivity index (χ3n) is 5.05. The summed E-state index contributed by atoms with van der Waals surface area (Å²) in [6.07, 6.45) is 1.69. The van der Waals surface area contributed by atoms with Crippen LogP contribution in [0.2, 0.25) is 0 Å². The van der Waals surface area contributed by atoms with Gasteiger partial charge in [-0.15, -0.1) is 22.7 Å². The van der Waals surface area contributed by atoms with E-state index in [4.69, 9.17) is 19.8 Å². The van der Waals surface area contributed by atoms with E-state index < -0.39 is 11.9 Å². The van der Waals surface area contributed by atoms with E-state index in [1.54, 1.807) is 17.7 Å². The molecule has 0 unspecified atom stereocenters. The van der Waals surface area contributed by atoms with Gasteiger partial charge in [0, 0.05) is 37.4 Å². The van der Waals surface area contributed by atoms with Crippen LogP contribution in [0.25, 0.3) is 20.3 Å². The zero-order valence-corrected chi connectivity index (χ0v) is 18.1. The lowest BCUT2D eigenvalue weighted by Crippen LogP contribution is -2.46. The smallest absolute Gasteiger partial charge is 0.414 e. The average molecular weight is 457 g/mol. The summed E-state index contributed by atoms with van der Waals surface area (Å²) >= 11 is 3.53. The van der Waals surface area contributed by atoms with Crippen molar-refractivity contribution < 1.29 is 19.8 Å². The van der Waals surface area contributed by atoms with Crippen LogP contribution in [-0.4, -0.2) is 63.2 Å². The number of piperazine rings is 1. The molecule has 1 aliphatic heterocycles. The van der Waals surface area contributed by atoms with Gasteiger partial charge in [0.25, 0.3) is 0 Å². The Balaban J connectivity index is 0.000000342. The Morgan fingerprint density at radius 1 is 0.935 bits per heavy atom. The highest BCUT2D eigenvalue weighted by Gasteiger charge is 2.21. The second-order valence-corrected chi connectivity index (χ2v) is 8.77. The van der Waals surface area contributed by atoms with Gasteiger partial charge >= 0.3 is 11.9 Å². The summed E-state index contributed by atoms with van der Waals surface area (Å²) in [4.78, 5) is 33.1. The van der Waals surface area contributed by atoms with Crippen LogP contribution >= 0.6 is 22.7 Å². The van der Waals surface area contributed by atoms with Crippen molar-refractivity contribution in [2.75, 3.05) is 31.1 Å². The van der Waals surface area contributed by atoms with Crippen molar-refractivity contribution in [3.05, 3.63) is 53.0 Å². The molecule has 0 atom stereocenters. The maximum absolute atomic E-state index is 9.10. The molecule has 160 valence electrons. The topological polar surface area (TPSA) is 107 Å². The Morgan fingerprint density at radius 2 is 1.68 bits per heavy atom. The Kier molecular flexibility index (Phi) is 6.40. The quantitative estimate of drug-likeness (QED) is 0.452. The first kappa shape index (κ1) is 21.2. The predicted molar refractivity (Wildman–Crippen MR) is 122 cm³/mol. The van der Waals surface area contributed by atoms with E-state index in [1.807, 2.05) is 11.3 Å². The van der Waals surface area contributed by atoms with Gasteiger partial charge < -0.3 is 15.1 Å². The molecule has 1 aromatic carbocycles. The number of carbonyl (C=O) groups is 2. The van der Waals surface area contributed by atoms with Crippen molar-refractivity contribution in [1.82, 2.24) is 14.9 Å². The molecule has 8 nitrogen and oxygen atoms in total. The summed E-state index contributed by atoms with van der Waals surface area (Å²) in [5.74, 6) is -2.56. The molecule has 0 saturated carbocycles. The molecule has 10 heteroatoms. The number of anilines is 1. The second-order valence-electron chi connectivity index (χ2n) is 6.97. The molecular formula is C21H20N4O4S2. The Morgan fingerprint density at radius 3 is 2.42 bits per heavy atom. The first-order valence-corrected chi connectivity index (χ1v) is 11.4. The van der Waals surface area contributed by atoms with Crippen molar-refractivity contribution in [1.29, 1.82) is 0 Å². The number of carboxylic acids is 2. The first-order chi connectivity index (χ1) is 15.0. The van der Waals surface area contributed by atoms with Crippen molar-refractivity contribution >= 4 is 60.7 Å². The van der Waals surface area contributed by atoms with E-state index in [0.29, 0.717) is 0 Å². The minimum atomic E-state index is -1.82. The Hall–Kier alpha value is -3.08. The van der Waals surface area contributed by atoms with Crippen LogP contribution in [0.1, 0.15) is 5.56 Å². The summed E-state index contributed by atoms with van der Waals surface area (Å²) in [6.45, 7) is 5.21. The largest absolute Gasteiger partial charge is 0.473 e. The van der Waals surface area contributed by atoms with Crippen LogP contribution in [0.3, 0.4) is 0 Å². The van der Waals surface area contributed by atoms with Crippen molar-refractivity contribution in [3.8, 4) is 0 Å². The second kappa shape index (κ2) is 9.38. The van der Waals surface area contributed by atoms with Gasteiger partial charge in [-0.25, -0.2) is 19.6 Å². The molecule has 1 saturated heterocycles. The van der Waals surface area contributed by atoms with Crippen LogP contribution in [0.5, 0.6) is 0 Å². The number of nitrogens with zero attached hydrogens (tertiary/aromatic N) is 4. The van der Waals surface area contributed by atoms with E-state index in [9.17, 15) is 0 Å². The third-order valence-corrected chi connectivity index (χ3v) is 6.88. The van der Waals surface area contributed by atoms with Crippen LogP contribution in [0.15, 0.2) is 47.4 Å². The molecule has 2 N–H and O–H groups in total. The minimum Gasteiger partial charge on any atom is -0.473 e. The number of fused-ring (bicyclic) bond motifs is 2. The zero-order chi connectivity index (χ0) is 21.8. The highest BCUT2D eigenvalue weighted by molar-refractivity contribution is 7.17. The monoisotopic (exact) mass is 456 g/mol. The zero-order valence-electron chi connectivity index (χ0n) is 16.5. The van der Waals surface area contributed by atoms with Gasteiger partial charge in [-0.2, -0.15) is 0 Å². The third kappa shape index (κ3) is 4.82. The highest BCUT2D eigenvalue weighted by atomic mass is 32.1. The standard InChI is InChI=1S/C19H18N4S2.C2H2O4/c1-2-4-17-15(3-1)14(12-25-17)11-22-6-8-23(9-7-22)18-16-5-10-24-19(16)21-13-20-18;3-1(4)2(5)6/h1-5,10,12-13H,6-9,11H2;(H,3,4)(H,5,6). The number of benzene rings is 1. The number of hydrogen-bond donors (Lipinski definition) is 2. The van der Waals surface area contributed by atoms with Gasteiger partial charge in [0.15, 0.2) is 0 Å². The van der Waals surface area contributed by atoms with Gasteiger partial charge in [-0.3, -0.25) is 4.90 Å². The number of aliphatic carboxylic acids is 2. The molecule has 0 spiro atoms. The molecule has 0 bridgehead atoms. The molecule has 1 aliphatic rings. The average Bonchev–Trinajstić information content (AvgIpc) is 3.42. The van der Waals surface area contributed by atoms with Crippen LogP contribution in [0, 0.1) is 0 Å². The summed E-state index contributed by atoms with van der Waals surface area (Å²) in [5.41, 5.74) is 1.45. The maximum Gasteiger partial charge on any atom is 0.414 e. The summed E-state index contributed by atoms with van der Waals surface area (Å²) in [6, 6.07) is 10.8. The molecule has 31 heavy (non-hydrogen) atoms. The fourth-order valence-corrected chi connectivity index (χ4v) is 5.22. The Labute approximate surface area is 186 Å². The number of carboxylic acid groups (broad SMARTS) is 2. The molecule has 5 rings (SSSR count). The first-order valence-electron chi connectivity index (χ1n) is 9.60. The van der Waals surface area contributed by atoms with Crippen molar-refractivity contribution in [2.45, 2.75) is 6.54 Å². The van der Waals surface area contributed by atoms with Crippen LogP contribution in [-0.2, 0) is 16.1 Å². The predicted octanol–water partition coefficient (Wildman–Crippen LogP) is 3.38. The molecule has 0 aliphatic carbocycles. The Bertz CT molecular complexity index is 1200. The molecule has 1 fully saturated rings. The van der Waals surface area contributed by atoms with Gasteiger partial charge in [0.2, 0.25) is 0 Å². The normalized spacial score (nSPS) is 14.4.